The molecule has 2 nitrogen and oxygen atoms in total. The van der Waals surface area contributed by atoms with Crippen molar-refractivity contribution >= 4 is 24.1 Å². The first-order chi connectivity index (χ1) is 2.41. The number of carbonyl (C=O) groups excluding carboxylic acids is 1. The molecular weight excluding hydrogens is 141 g/mol. The topological polar surface area (TPSA) is 26.3 Å². The minimum absolute atomic E-state index is 0. The van der Waals surface area contributed by atoms with Gasteiger partial charge in [-0.05, 0) is 6.92 Å². The molecule has 0 atom stereocenters. The van der Waals surface area contributed by atoms with Gasteiger partial charge in [-0.25, -0.2) is 0 Å². The van der Waals surface area contributed by atoms with Crippen LogP contribution in [0.2, 0.25) is 0 Å². The molecular formula is C3H10GeO2. The average molecular weight is 151 g/mol. The normalized spacial score (nSPS) is 5.50. The Morgan fingerprint density at radius 1 is 1.83 bits per heavy atom. The van der Waals surface area contributed by atoms with Crippen molar-refractivity contribution in [3.05, 3.63) is 0 Å². The average Bonchev–Trinajstić information content (AvgIpc) is 1.41. The van der Waals surface area contributed by atoms with Crippen molar-refractivity contribution in [1.82, 2.24) is 0 Å². The number of hydrogen-bond acceptors (Lipinski definition) is 2. The van der Waals surface area contributed by atoms with Gasteiger partial charge in [0.1, 0.15) is 0 Å². The summed E-state index contributed by atoms with van der Waals surface area (Å²) in [7, 11) is 0. The van der Waals surface area contributed by atoms with Crippen LogP contribution in [0, 0.1) is 0 Å². The molecule has 0 aromatic carbocycles. The summed E-state index contributed by atoms with van der Waals surface area (Å²) in [4.78, 5) is 9.18. The molecule has 0 saturated carbocycles. The molecule has 0 aromatic rings. The second kappa shape index (κ2) is 8.89. The molecule has 0 aromatic heterocycles. The molecule has 0 N–H and O–H groups in total. The van der Waals surface area contributed by atoms with Gasteiger partial charge in [0.25, 0.3) is 6.47 Å². The molecule has 3 heteroatoms. The first-order valence-electron chi connectivity index (χ1n) is 1.47. The SMILES string of the molecule is CCOC=O.[GeH4]. The van der Waals surface area contributed by atoms with E-state index >= 15 is 0 Å². The van der Waals surface area contributed by atoms with Crippen LogP contribution in [0.4, 0.5) is 0 Å². The van der Waals surface area contributed by atoms with Crippen molar-refractivity contribution in [1.29, 1.82) is 0 Å². The van der Waals surface area contributed by atoms with E-state index in [9.17, 15) is 4.79 Å². The summed E-state index contributed by atoms with van der Waals surface area (Å²) < 4.78 is 4.15. The fraction of sp³-hybridized carbons (Fsp3) is 0.667. The van der Waals surface area contributed by atoms with Crippen molar-refractivity contribution < 1.29 is 9.53 Å². The Kier molecular flexibility index (Phi) is 13.9. The van der Waals surface area contributed by atoms with Crippen molar-refractivity contribution in [2.75, 3.05) is 6.61 Å². The van der Waals surface area contributed by atoms with Crippen molar-refractivity contribution in [2.45, 2.75) is 6.92 Å². The predicted octanol–water partition coefficient (Wildman–Crippen LogP) is -1.27. The Morgan fingerprint density at radius 3 is 2.33 bits per heavy atom. The summed E-state index contributed by atoms with van der Waals surface area (Å²) >= 11 is 0. The van der Waals surface area contributed by atoms with E-state index in [0.29, 0.717) is 13.1 Å². The van der Waals surface area contributed by atoms with Crippen LogP contribution in [0.15, 0.2) is 0 Å². The predicted molar refractivity (Wildman–Crippen MR) is 29.0 cm³/mol. The van der Waals surface area contributed by atoms with Crippen LogP contribution in [0.3, 0.4) is 0 Å². The summed E-state index contributed by atoms with van der Waals surface area (Å²) in [5, 5.41) is 0. The van der Waals surface area contributed by atoms with Crippen molar-refractivity contribution in [2.24, 2.45) is 0 Å². The van der Waals surface area contributed by atoms with Crippen LogP contribution in [-0.4, -0.2) is 30.7 Å². The quantitative estimate of drug-likeness (QED) is 0.363. The van der Waals surface area contributed by atoms with Gasteiger partial charge in [0.2, 0.25) is 0 Å². The van der Waals surface area contributed by atoms with Gasteiger partial charge < -0.3 is 4.74 Å². The molecule has 38 valence electrons. The number of hydrogen-bond donors (Lipinski definition) is 0. The van der Waals surface area contributed by atoms with Gasteiger partial charge in [0.05, 0.1) is 6.61 Å². The molecule has 0 amide bonds. The van der Waals surface area contributed by atoms with Crippen LogP contribution < -0.4 is 0 Å². The van der Waals surface area contributed by atoms with Gasteiger partial charge >= 0.3 is 17.6 Å². The Labute approximate surface area is 47.8 Å². The maximum atomic E-state index is 9.18. The molecule has 0 heterocycles. The van der Waals surface area contributed by atoms with E-state index in [1.807, 2.05) is 0 Å². The Morgan fingerprint density at radius 2 is 2.33 bits per heavy atom. The molecule has 0 saturated heterocycles. The van der Waals surface area contributed by atoms with Gasteiger partial charge in [0, 0.05) is 0 Å². The molecule has 0 spiro atoms. The van der Waals surface area contributed by atoms with E-state index in [1.165, 1.54) is 0 Å². The first kappa shape index (κ1) is 9.38. The van der Waals surface area contributed by atoms with Crippen molar-refractivity contribution in [3.8, 4) is 0 Å². The first-order valence-corrected chi connectivity index (χ1v) is 1.47. The summed E-state index contributed by atoms with van der Waals surface area (Å²) in [6, 6.07) is 0. The van der Waals surface area contributed by atoms with E-state index < -0.39 is 0 Å². The van der Waals surface area contributed by atoms with E-state index in [-0.39, 0.29) is 17.6 Å². The zero-order chi connectivity index (χ0) is 4.12. The molecule has 0 aliphatic carbocycles. The molecule has 0 fully saturated rings. The number of carbonyl (C=O) groups is 1. The second-order valence-electron chi connectivity index (χ2n) is 0.552. The van der Waals surface area contributed by atoms with Crippen molar-refractivity contribution in [3.63, 3.8) is 0 Å². The second-order valence-corrected chi connectivity index (χ2v) is 0.552. The molecule has 6 heavy (non-hydrogen) atoms. The van der Waals surface area contributed by atoms with Crippen LogP contribution >= 0.6 is 0 Å². The molecule has 0 bridgehead atoms. The Hall–Kier alpha value is 0.0129. The van der Waals surface area contributed by atoms with Crippen LogP contribution in [0.5, 0.6) is 0 Å². The summed E-state index contributed by atoms with van der Waals surface area (Å²) in [5.41, 5.74) is 0. The molecule has 0 aliphatic heterocycles. The molecule has 0 radical (unpaired) electrons. The van der Waals surface area contributed by atoms with Gasteiger partial charge in [-0.15, -0.1) is 0 Å². The zero-order valence-corrected chi connectivity index (χ0v) is 3.10. The van der Waals surface area contributed by atoms with Crippen LogP contribution in [0.1, 0.15) is 6.92 Å². The molecule has 0 aliphatic rings. The van der Waals surface area contributed by atoms with Gasteiger partial charge in [-0.1, -0.05) is 0 Å². The van der Waals surface area contributed by atoms with Crippen LogP contribution in [0.25, 0.3) is 0 Å². The monoisotopic (exact) mass is 152 g/mol. The van der Waals surface area contributed by atoms with Gasteiger partial charge in [-0.2, -0.15) is 0 Å². The van der Waals surface area contributed by atoms with Crippen LogP contribution in [-0.2, 0) is 9.53 Å². The number of ether oxygens (including phenoxy) is 1. The third-order valence-corrected chi connectivity index (χ3v) is 0.235. The Balaban J connectivity index is 0. The fourth-order valence-corrected chi connectivity index (χ4v) is 0.0680. The minimum atomic E-state index is 0. The molecule has 0 rings (SSSR count). The van der Waals surface area contributed by atoms with E-state index in [4.69, 9.17) is 0 Å². The summed E-state index contributed by atoms with van der Waals surface area (Å²) in [6.45, 7) is 2.66. The van der Waals surface area contributed by atoms with E-state index in [1.54, 1.807) is 6.92 Å². The summed E-state index contributed by atoms with van der Waals surface area (Å²) in [5.74, 6) is 0. The van der Waals surface area contributed by atoms with E-state index in [0.717, 1.165) is 0 Å². The molecule has 0 unspecified atom stereocenters. The maximum absolute atomic E-state index is 9.18. The third kappa shape index (κ3) is 8.99. The van der Waals surface area contributed by atoms with Gasteiger partial charge in [-0.3, -0.25) is 4.79 Å². The summed E-state index contributed by atoms with van der Waals surface area (Å²) in [6.07, 6.45) is 0. The Bertz CT molecular complexity index is 30.0. The zero-order valence-electron chi connectivity index (χ0n) is 3.10. The standard InChI is InChI=1S/C3H6O2.GeH4/c1-2-5-3-4;/h3H,2H2,1H3;1H4. The van der Waals surface area contributed by atoms with Gasteiger partial charge in [0.15, 0.2) is 0 Å². The third-order valence-electron chi connectivity index (χ3n) is 0.235. The number of rotatable bonds is 2. The van der Waals surface area contributed by atoms with E-state index in [2.05, 4.69) is 4.74 Å². The fourth-order valence-electron chi connectivity index (χ4n) is 0.0680.